The standard InChI is InChI=1S/C23H24FN5O2/c24-19-8-4-5-9-21(19)29-15-12-20(27-29)23(31)26-18-10-13-28(14-11-18)16-22(30)25-17-6-2-1-3-7-17/h1-9,12,15,18H,10-11,13-14,16H2,(H,25,30)(H,26,31). The molecule has 1 aliphatic heterocycles. The number of para-hydroxylation sites is 2. The van der Waals surface area contributed by atoms with Crippen molar-refractivity contribution in [2.45, 2.75) is 18.9 Å². The Labute approximate surface area is 179 Å². The lowest BCUT2D eigenvalue weighted by Crippen LogP contribution is -2.46. The summed E-state index contributed by atoms with van der Waals surface area (Å²) >= 11 is 0. The van der Waals surface area contributed by atoms with Crippen molar-refractivity contribution < 1.29 is 14.0 Å². The molecule has 1 fully saturated rings. The largest absolute Gasteiger partial charge is 0.348 e. The van der Waals surface area contributed by atoms with Crippen LogP contribution in [0.4, 0.5) is 10.1 Å². The minimum absolute atomic E-state index is 0.0135. The molecular weight excluding hydrogens is 397 g/mol. The Morgan fingerprint density at radius 3 is 2.45 bits per heavy atom. The maximum Gasteiger partial charge on any atom is 0.272 e. The molecular formula is C23H24FN5O2. The molecule has 0 saturated carbocycles. The average molecular weight is 421 g/mol. The number of hydrogen-bond acceptors (Lipinski definition) is 4. The molecule has 0 radical (unpaired) electrons. The smallest absolute Gasteiger partial charge is 0.272 e. The van der Waals surface area contributed by atoms with Crippen LogP contribution in [0.15, 0.2) is 66.9 Å². The molecule has 4 rings (SSSR count). The number of nitrogens with one attached hydrogen (secondary N) is 2. The third-order valence-corrected chi connectivity index (χ3v) is 5.27. The van der Waals surface area contributed by atoms with Crippen LogP contribution in [0.25, 0.3) is 5.69 Å². The molecule has 0 bridgehead atoms. The topological polar surface area (TPSA) is 79.3 Å². The Bertz CT molecular complexity index is 1040. The first-order chi connectivity index (χ1) is 15.1. The zero-order chi connectivity index (χ0) is 21.6. The molecule has 1 aliphatic rings. The molecule has 7 nitrogen and oxygen atoms in total. The van der Waals surface area contributed by atoms with Crippen LogP contribution in [-0.2, 0) is 4.79 Å². The Morgan fingerprint density at radius 2 is 1.71 bits per heavy atom. The molecule has 0 unspecified atom stereocenters. The number of amides is 2. The summed E-state index contributed by atoms with van der Waals surface area (Å²) in [5.74, 6) is -0.732. The zero-order valence-electron chi connectivity index (χ0n) is 17.0. The highest BCUT2D eigenvalue weighted by molar-refractivity contribution is 5.93. The normalized spacial score (nSPS) is 14.9. The second-order valence-corrected chi connectivity index (χ2v) is 7.54. The van der Waals surface area contributed by atoms with Crippen LogP contribution < -0.4 is 10.6 Å². The van der Waals surface area contributed by atoms with Gasteiger partial charge in [-0.05, 0) is 43.2 Å². The van der Waals surface area contributed by atoms with E-state index in [0.29, 0.717) is 12.2 Å². The Morgan fingerprint density at radius 1 is 1.00 bits per heavy atom. The van der Waals surface area contributed by atoms with E-state index in [2.05, 4.69) is 20.6 Å². The number of hydrogen-bond donors (Lipinski definition) is 2. The molecule has 2 heterocycles. The monoisotopic (exact) mass is 421 g/mol. The summed E-state index contributed by atoms with van der Waals surface area (Å²) in [6, 6.07) is 17.2. The molecule has 0 atom stereocenters. The minimum Gasteiger partial charge on any atom is -0.348 e. The van der Waals surface area contributed by atoms with Crippen LogP contribution in [0.3, 0.4) is 0 Å². The van der Waals surface area contributed by atoms with Gasteiger partial charge in [0, 0.05) is 31.0 Å². The second kappa shape index (κ2) is 9.53. The average Bonchev–Trinajstić information content (AvgIpc) is 3.26. The van der Waals surface area contributed by atoms with Gasteiger partial charge in [0.15, 0.2) is 5.69 Å². The molecule has 2 amide bonds. The van der Waals surface area contributed by atoms with E-state index in [1.807, 2.05) is 30.3 Å². The van der Waals surface area contributed by atoms with E-state index < -0.39 is 5.82 Å². The number of rotatable bonds is 6. The van der Waals surface area contributed by atoms with Crippen molar-refractivity contribution in [2.75, 3.05) is 25.0 Å². The van der Waals surface area contributed by atoms with Crippen molar-refractivity contribution in [3.63, 3.8) is 0 Å². The lowest BCUT2D eigenvalue weighted by Gasteiger charge is -2.31. The molecule has 3 aromatic rings. The second-order valence-electron chi connectivity index (χ2n) is 7.54. The number of aromatic nitrogens is 2. The number of likely N-dealkylation sites (tertiary alicyclic amines) is 1. The first-order valence-electron chi connectivity index (χ1n) is 10.3. The van der Waals surface area contributed by atoms with E-state index in [1.165, 1.54) is 10.7 Å². The predicted molar refractivity (Wildman–Crippen MR) is 116 cm³/mol. The van der Waals surface area contributed by atoms with E-state index in [-0.39, 0.29) is 23.6 Å². The van der Waals surface area contributed by atoms with Gasteiger partial charge in [0.1, 0.15) is 11.5 Å². The van der Waals surface area contributed by atoms with Gasteiger partial charge in [0.2, 0.25) is 5.91 Å². The van der Waals surface area contributed by atoms with Crippen LogP contribution in [0.1, 0.15) is 23.3 Å². The number of anilines is 1. The molecule has 31 heavy (non-hydrogen) atoms. The first-order valence-corrected chi connectivity index (χ1v) is 10.3. The summed E-state index contributed by atoms with van der Waals surface area (Å²) in [7, 11) is 0. The number of carbonyl (C=O) groups excluding carboxylic acids is 2. The summed E-state index contributed by atoms with van der Waals surface area (Å²) < 4.78 is 15.3. The van der Waals surface area contributed by atoms with Gasteiger partial charge < -0.3 is 10.6 Å². The van der Waals surface area contributed by atoms with Gasteiger partial charge in [-0.25, -0.2) is 9.07 Å². The van der Waals surface area contributed by atoms with E-state index in [9.17, 15) is 14.0 Å². The number of piperidine rings is 1. The Balaban J connectivity index is 1.25. The third kappa shape index (κ3) is 5.35. The van der Waals surface area contributed by atoms with Gasteiger partial charge >= 0.3 is 0 Å². The van der Waals surface area contributed by atoms with E-state index in [0.717, 1.165) is 31.6 Å². The lowest BCUT2D eigenvalue weighted by molar-refractivity contribution is -0.117. The fraction of sp³-hybridized carbons (Fsp3) is 0.261. The van der Waals surface area contributed by atoms with Crippen molar-refractivity contribution in [2.24, 2.45) is 0 Å². The minimum atomic E-state index is -0.402. The molecule has 2 aromatic carbocycles. The van der Waals surface area contributed by atoms with Crippen LogP contribution in [0.5, 0.6) is 0 Å². The van der Waals surface area contributed by atoms with Crippen molar-refractivity contribution in [1.29, 1.82) is 0 Å². The van der Waals surface area contributed by atoms with Gasteiger partial charge in [-0.3, -0.25) is 14.5 Å². The van der Waals surface area contributed by atoms with Crippen molar-refractivity contribution in [3.05, 3.63) is 78.4 Å². The Hall–Kier alpha value is -3.52. The van der Waals surface area contributed by atoms with Crippen LogP contribution in [-0.4, -0.2) is 52.2 Å². The molecule has 0 aliphatic carbocycles. The number of benzene rings is 2. The van der Waals surface area contributed by atoms with Gasteiger partial charge in [-0.1, -0.05) is 30.3 Å². The van der Waals surface area contributed by atoms with Crippen molar-refractivity contribution >= 4 is 17.5 Å². The van der Waals surface area contributed by atoms with Crippen molar-refractivity contribution in [3.8, 4) is 5.69 Å². The van der Waals surface area contributed by atoms with Crippen LogP contribution >= 0.6 is 0 Å². The fourth-order valence-corrected chi connectivity index (χ4v) is 3.64. The number of halogens is 1. The maximum atomic E-state index is 13.9. The highest BCUT2D eigenvalue weighted by Gasteiger charge is 2.23. The van der Waals surface area contributed by atoms with Gasteiger partial charge in [-0.2, -0.15) is 5.10 Å². The van der Waals surface area contributed by atoms with Gasteiger partial charge in [-0.15, -0.1) is 0 Å². The lowest BCUT2D eigenvalue weighted by atomic mass is 10.0. The molecule has 1 aromatic heterocycles. The number of carbonyl (C=O) groups is 2. The van der Waals surface area contributed by atoms with E-state index >= 15 is 0 Å². The third-order valence-electron chi connectivity index (χ3n) is 5.27. The summed E-state index contributed by atoms with van der Waals surface area (Å²) in [4.78, 5) is 26.8. The summed E-state index contributed by atoms with van der Waals surface area (Å²) in [5, 5.41) is 10.1. The molecule has 1 saturated heterocycles. The number of nitrogens with zero attached hydrogens (tertiary/aromatic N) is 3. The quantitative estimate of drug-likeness (QED) is 0.642. The van der Waals surface area contributed by atoms with Gasteiger partial charge in [0.05, 0.1) is 6.54 Å². The van der Waals surface area contributed by atoms with E-state index in [1.54, 1.807) is 30.5 Å². The fourth-order valence-electron chi connectivity index (χ4n) is 3.64. The molecule has 2 N–H and O–H groups in total. The summed E-state index contributed by atoms with van der Waals surface area (Å²) in [5.41, 5.74) is 1.32. The summed E-state index contributed by atoms with van der Waals surface area (Å²) in [6.45, 7) is 1.76. The summed E-state index contributed by atoms with van der Waals surface area (Å²) in [6.07, 6.45) is 3.07. The SMILES string of the molecule is O=C(CN1CCC(NC(=O)c2ccn(-c3ccccc3F)n2)CC1)Nc1ccccc1. The first kappa shape index (κ1) is 20.7. The Kier molecular flexibility index (Phi) is 6.37. The van der Waals surface area contributed by atoms with Crippen molar-refractivity contribution in [1.82, 2.24) is 20.0 Å². The predicted octanol–water partition coefficient (Wildman–Crippen LogP) is 2.84. The highest BCUT2D eigenvalue weighted by atomic mass is 19.1. The highest BCUT2D eigenvalue weighted by Crippen LogP contribution is 2.14. The maximum absolute atomic E-state index is 13.9. The zero-order valence-corrected chi connectivity index (χ0v) is 17.0. The van der Waals surface area contributed by atoms with Gasteiger partial charge in [0.25, 0.3) is 5.91 Å². The molecule has 0 spiro atoms. The van der Waals surface area contributed by atoms with Crippen LogP contribution in [0, 0.1) is 5.82 Å². The molecule has 8 heteroatoms. The van der Waals surface area contributed by atoms with Crippen LogP contribution in [0.2, 0.25) is 0 Å². The van der Waals surface area contributed by atoms with E-state index in [4.69, 9.17) is 0 Å². The molecule has 160 valence electrons.